The summed E-state index contributed by atoms with van der Waals surface area (Å²) in [6.07, 6.45) is 3.08. The summed E-state index contributed by atoms with van der Waals surface area (Å²) in [6.45, 7) is 3.35. The number of amides is 1. The van der Waals surface area contributed by atoms with E-state index in [4.69, 9.17) is 16.3 Å². The minimum atomic E-state index is -0.123. The summed E-state index contributed by atoms with van der Waals surface area (Å²) < 4.78 is 5.49. The van der Waals surface area contributed by atoms with Crippen LogP contribution in [0.1, 0.15) is 26.2 Å². The number of benzene rings is 1. The fourth-order valence-corrected chi connectivity index (χ4v) is 2.35. The highest BCUT2D eigenvalue weighted by Crippen LogP contribution is 2.28. The lowest BCUT2D eigenvalue weighted by atomic mass is 10.0. The highest BCUT2D eigenvalue weighted by Gasteiger charge is 2.21. The minimum absolute atomic E-state index is 0.0251. The monoisotopic (exact) mass is 282 g/mol. The number of hydrogen-bond donors (Lipinski definition) is 2. The van der Waals surface area contributed by atoms with Crippen LogP contribution in [0.4, 0.5) is 5.69 Å². The molecule has 0 bridgehead atoms. The second-order valence-corrected chi connectivity index (χ2v) is 5.00. The summed E-state index contributed by atoms with van der Waals surface area (Å²) in [5.74, 6) is 0.624. The number of piperidine rings is 1. The third-order valence-electron chi connectivity index (χ3n) is 3.13. The smallest absolute Gasteiger partial charge is 0.241 e. The van der Waals surface area contributed by atoms with E-state index in [1.54, 1.807) is 18.2 Å². The molecule has 0 saturated carbocycles. The molecule has 1 aliphatic rings. The summed E-state index contributed by atoms with van der Waals surface area (Å²) >= 11 is 5.96. The Bertz CT molecular complexity index is 445. The van der Waals surface area contributed by atoms with Gasteiger partial charge in [0.05, 0.1) is 18.3 Å². The second kappa shape index (κ2) is 6.78. The van der Waals surface area contributed by atoms with Crippen LogP contribution in [0.25, 0.3) is 0 Å². The fourth-order valence-electron chi connectivity index (χ4n) is 2.18. The van der Waals surface area contributed by atoms with E-state index in [-0.39, 0.29) is 11.9 Å². The van der Waals surface area contributed by atoms with Crippen molar-refractivity contribution < 1.29 is 9.53 Å². The molecule has 0 aromatic heterocycles. The molecule has 2 rings (SSSR count). The molecule has 1 aromatic carbocycles. The maximum Gasteiger partial charge on any atom is 0.241 e. The van der Waals surface area contributed by atoms with Crippen LogP contribution < -0.4 is 15.4 Å². The van der Waals surface area contributed by atoms with Crippen molar-refractivity contribution in [3.05, 3.63) is 23.2 Å². The van der Waals surface area contributed by atoms with Gasteiger partial charge in [-0.05, 0) is 44.5 Å². The molecule has 1 heterocycles. The van der Waals surface area contributed by atoms with Crippen LogP contribution in [0.3, 0.4) is 0 Å². The summed E-state index contributed by atoms with van der Waals surface area (Å²) in [4.78, 5) is 12.2. The number of rotatable bonds is 4. The van der Waals surface area contributed by atoms with E-state index in [1.165, 1.54) is 0 Å². The first-order valence-corrected chi connectivity index (χ1v) is 7.05. The van der Waals surface area contributed by atoms with Crippen molar-refractivity contribution in [1.29, 1.82) is 0 Å². The number of carbonyl (C=O) groups excluding carboxylic acids is 1. The van der Waals surface area contributed by atoms with Crippen molar-refractivity contribution in [1.82, 2.24) is 5.32 Å². The number of ether oxygens (including phenoxy) is 1. The molecule has 19 heavy (non-hydrogen) atoms. The molecule has 0 unspecified atom stereocenters. The van der Waals surface area contributed by atoms with Gasteiger partial charge in [0.2, 0.25) is 5.91 Å². The van der Waals surface area contributed by atoms with Crippen molar-refractivity contribution in [2.45, 2.75) is 32.2 Å². The maximum atomic E-state index is 12.2. The van der Waals surface area contributed by atoms with Crippen LogP contribution in [0, 0.1) is 0 Å². The van der Waals surface area contributed by atoms with Gasteiger partial charge in [-0.15, -0.1) is 0 Å². The number of hydrogen-bond acceptors (Lipinski definition) is 3. The van der Waals surface area contributed by atoms with Gasteiger partial charge < -0.3 is 15.4 Å². The van der Waals surface area contributed by atoms with E-state index in [0.29, 0.717) is 23.1 Å². The van der Waals surface area contributed by atoms with Gasteiger partial charge in [-0.25, -0.2) is 0 Å². The zero-order valence-corrected chi connectivity index (χ0v) is 11.8. The molecule has 0 spiro atoms. The van der Waals surface area contributed by atoms with Crippen molar-refractivity contribution >= 4 is 23.2 Å². The Morgan fingerprint density at radius 3 is 3.05 bits per heavy atom. The largest absolute Gasteiger partial charge is 0.492 e. The lowest BCUT2D eigenvalue weighted by molar-refractivity contribution is -0.118. The van der Waals surface area contributed by atoms with Crippen molar-refractivity contribution in [3.8, 4) is 5.75 Å². The molecule has 1 amide bonds. The van der Waals surface area contributed by atoms with Crippen LogP contribution in [0.15, 0.2) is 18.2 Å². The van der Waals surface area contributed by atoms with Gasteiger partial charge >= 0.3 is 0 Å². The first-order chi connectivity index (χ1) is 9.20. The predicted molar refractivity (Wildman–Crippen MR) is 76.9 cm³/mol. The number of halogens is 1. The quantitative estimate of drug-likeness (QED) is 0.893. The number of carbonyl (C=O) groups is 1. The summed E-state index contributed by atoms with van der Waals surface area (Å²) in [5, 5.41) is 6.69. The van der Waals surface area contributed by atoms with Crippen molar-refractivity contribution in [3.63, 3.8) is 0 Å². The summed E-state index contributed by atoms with van der Waals surface area (Å²) in [6, 6.07) is 5.12. The van der Waals surface area contributed by atoms with E-state index in [2.05, 4.69) is 10.6 Å². The fraction of sp³-hybridized carbons (Fsp3) is 0.500. The molecule has 1 saturated heterocycles. The Hall–Kier alpha value is -1.26. The lowest BCUT2D eigenvalue weighted by Gasteiger charge is -2.23. The third kappa shape index (κ3) is 3.85. The van der Waals surface area contributed by atoms with Crippen LogP contribution in [0.2, 0.25) is 5.02 Å². The highest BCUT2D eigenvalue weighted by molar-refractivity contribution is 6.31. The van der Waals surface area contributed by atoms with E-state index >= 15 is 0 Å². The standard InChI is InChI=1S/C14H19ClN2O2/c1-2-19-13-7-6-10(15)9-12(13)17-14(18)11-5-3-4-8-16-11/h6-7,9,11,16H,2-5,8H2,1H3,(H,17,18)/t11-/m1/s1. The molecular weight excluding hydrogens is 264 g/mol. The van der Waals surface area contributed by atoms with Gasteiger partial charge in [0.1, 0.15) is 5.75 Å². The Morgan fingerprint density at radius 1 is 1.53 bits per heavy atom. The van der Waals surface area contributed by atoms with Gasteiger partial charge in [-0.3, -0.25) is 4.79 Å². The van der Waals surface area contributed by atoms with E-state index < -0.39 is 0 Å². The molecule has 1 fully saturated rings. The Morgan fingerprint density at radius 2 is 2.37 bits per heavy atom. The van der Waals surface area contributed by atoms with Gasteiger partial charge in [0.25, 0.3) is 0 Å². The molecule has 4 nitrogen and oxygen atoms in total. The average Bonchev–Trinajstić information content (AvgIpc) is 2.43. The van der Waals surface area contributed by atoms with E-state index in [9.17, 15) is 4.79 Å². The zero-order valence-electron chi connectivity index (χ0n) is 11.0. The number of anilines is 1. The highest BCUT2D eigenvalue weighted by atomic mass is 35.5. The molecular formula is C14H19ClN2O2. The summed E-state index contributed by atoms with van der Waals surface area (Å²) in [7, 11) is 0. The lowest BCUT2D eigenvalue weighted by Crippen LogP contribution is -2.43. The Kier molecular flexibility index (Phi) is 5.05. The van der Waals surface area contributed by atoms with Crippen LogP contribution >= 0.6 is 11.6 Å². The topological polar surface area (TPSA) is 50.4 Å². The maximum absolute atomic E-state index is 12.2. The van der Waals surface area contributed by atoms with E-state index in [0.717, 1.165) is 25.8 Å². The zero-order chi connectivity index (χ0) is 13.7. The molecule has 0 radical (unpaired) electrons. The van der Waals surface area contributed by atoms with Crippen LogP contribution in [-0.2, 0) is 4.79 Å². The molecule has 1 aromatic rings. The first-order valence-electron chi connectivity index (χ1n) is 6.67. The third-order valence-corrected chi connectivity index (χ3v) is 3.36. The van der Waals surface area contributed by atoms with Gasteiger partial charge in [0.15, 0.2) is 0 Å². The Balaban J connectivity index is 2.08. The Labute approximate surface area is 118 Å². The van der Waals surface area contributed by atoms with Crippen molar-refractivity contribution in [2.24, 2.45) is 0 Å². The molecule has 1 aliphatic heterocycles. The number of nitrogens with one attached hydrogen (secondary N) is 2. The van der Waals surface area contributed by atoms with E-state index in [1.807, 2.05) is 6.92 Å². The SMILES string of the molecule is CCOc1ccc(Cl)cc1NC(=O)[C@H]1CCCCN1. The first kappa shape index (κ1) is 14.2. The second-order valence-electron chi connectivity index (χ2n) is 4.57. The van der Waals surface area contributed by atoms with Gasteiger partial charge in [-0.1, -0.05) is 18.0 Å². The predicted octanol–water partition coefficient (Wildman–Crippen LogP) is 2.82. The molecule has 0 aliphatic carbocycles. The molecule has 104 valence electrons. The minimum Gasteiger partial charge on any atom is -0.492 e. The molecule has 5 heteroatoms. The normalized spacial score (nSPS) is 18.9. The molecule has 2 N–H and O–H groups in total. The van der Waals surface area contributed by atoms with Crippen LogP contribution in [-0.4, -0.2) is 25.1 Å². The summed E-state index contributed by atoms with van der Waals surface area (Å²) in [5.41, 5.74) is 0.631. The van der Waals surface area contributed by atoms with Gasteiger partial charge in [-0.2, -0.15) is 0 Å². The molecule has 1 atom stereocenters. The average molecular weight is 283 g/mol. The van der Waals surface area contributed by atoms with Crippen molar-refractivity contribution in [2.75, 3.05) is 18.5 Å². The van der Waals surface area contributed by atoms with Gasteiger partial charge in [0, 0.05) is 5.02 Å². The van der Waals surface area contributed by atoms with Crippen LogP contribution in [0.5, 0.6) is 5.75 Å².